The van der Waals surface area contributed by atoms with Crippen molar-refractivity contribution >= 4 is 17.0 Å². The van der Waals surface area contributed by atoms with Crippen molar-refractivity contribution in [1.29, 1.82) is 0 Å². The Kier molecular flexibility index (Phi) is 5.95. The summed E-state index contributed by atoms with van der Waals surface area (Å²) in [5.74, 6) is 0.480. The van der Waals surface area contributed by atoms with Gasteiger partial charge in [0.1, 0.15) is 0 Å². The van der Waals surface area contributed by atoms with Gasteiger partial charge in [-0.3, -0.25) is 4.99 Å². The highest BCUT2D eigenvalue weighted by atomic mass is 15.1. The van der Waals surface area contributed by atoms with Crippen molar-refractivity contribution in [1.82, 2.24) is 0 Å². The maximum Gasteiger partial charge on any atom is 0.0408 e. The van der Waals surface area contributed by atoms with E-state index in [1.807, 2.05) is 14.0 Å². The molecular weight excluding hydrogens is 256 g/mol. The second-order valence-corrected chi connectivity index (χ2v) is 5.92. The van der Waals surface area contributed by atoms with Gasteiger partial charge in [0, 0.05) is 31.2 Å². The lowest BCUT2D eigenvalue weighted by Crippen LogP contribution is -2.15. The molecule has 0 spiro atoms. The fraction of sp³-hybridized carbons (Fsp3) is 0.421. The van der Waals surface area contributed by atoms with Crippen LogP contribution < -0.4 is 4.90 Å². The van der Waals surface area contributed by atoms with Crippen LogP contribution in [0.3, 0.4) is 0 Å². The maximum atomic E-state index is 4.19. The Balaban J connectivity index is 3.23. The molecule has 0 aliphatic rings. The molecule has 2 nitrogen and oxygen atoms in total. The molecule has 0 saturated carbocycles. The van der Waals surface area contributed by atoms with Gasteiger partial charge in [-0.25, -0.2) is 0 Å². The smallest absolute Gasteiger partial charge is 0.0408 e. The molecule has 0 aromatic heterocycles. The molecule has 1 rings (SSSR count). The Hall–Kier alpha value is -1.83. The monoisotopic (exact) mass is 284 g/mol. The van der Waals surface area contributed by atoms with Crippen LogP contribution in [0.25, 0.3) is 5.57 Å². The van der Waals surface area contributed by atoms with E-state index in [1.54, 1.807) is 0 Å². The molecule has 0 amide bonds. The van der Waals surface area contributed by atoms with Gasteiger partial charge in [-0.05, 0) is 56.0 Å². The Labute approximate surface area is 129 Å². The number of hydrogen-bond acceptors (Lipinski definition) is 2. The first-order valence-corrected chi connectivity index (χ1v) is 7.43. The summed E-state index contributed by atoms with van der Waals surface area (Å²) in [6, 6.07) is 6.60. The summed E-state index contributed by atoms with van der Waals surface area (Å²) in [4.78, 5) is 6.39. The number of aliphatic imine (C=N–C) groups is 1. The lowest BCUT2D eigenvalue weighted by atomic mass is 9.93. The molecular formula is C19H28N2. The molecule has 1 aromatic carbocycles. The Morgan fingerprint density at radius 2 is 1.86 bits per heavy atom. The summed E-state index contributed by atoms with van der Waals surface area (Å²) < 4.78 is 0. The highest BCUT2D eigenvalue weighted by molar-refractivity contribution is 5.93. The minimum atomic E-state index is 0.480. The van der Waals surface area contributed by atoms with E-state index < -0.39 is 0 Å². The summed E-state index contributed by atoms with van der Waals surface area (Å²) in [7, 11) is 3.91. The molecule has 0 N–H and O–H groups in total. The van der Waals surface area contributed by atoms with Crippen LogP contribution in [0.2, 0.25) is 0 Å². The van der Waals surface area contributed by atoms with Gasteiger partial charge in [0.05, 0.1) is 0 Å². The van der Waals surface area contributed by atoms with Crippen molar-refractivity contribution in [2.45, 2.75) is 40.5 Å². The van der Waals surface area contributed by atoms with Crippen LogP contribution in [0, 0.1) is 0 Å². The van der Waals surface area contributed by atoms with Crippen LogP contribution in [0.1, 0.15) is 51.7 Å². The molecule has 0 bridgehead atoms. The van der Waals surface area contributed by atoms with Crippen molar-refractivity contribution in [3.63, 3.8) is 0 Å². The number of rotatable bonds is 5. The van der Waals surface area contributed by atoms with Crippen molar-refractivity contribution in [3.8, 4) is 0 Å². The van der Waals surface area contributed by atoms with Gasteiger partial charge in [0.15, 0.2) is 0 Å². The van der Waals surface area contributed by atoms with Crippen molar-refractivity contribution < 1.29 is 0 Å². The molecule has 0 fully saturated rings. The SMILES string of the molecule is C=C(C)c1ccc(N(C)/C(C)=C/C(C)=N\C)cc1C(C)C. The molecule has 21 heavy (non-hydrogen) atoms. The fourth-order valence-corrected chi connectivity index (χ4v) is 2.29. The minimum absolute atomic E-state index is 0.480. The van der Waals surface area contributed by atoms with Gasteiger partial charge in [0.25, 0.3) is 0 Å². The zero-order valence-electron chi connectivity index (χ0n) is 14.5. The second-order valence-electron chi connectivity index (χ2n) is 5.92. The molecule has 0 saturated heterocycles. The molecule has 0 heterocycles. The van der Waals surface area contributed by atoms with E-state index in [0.717, 1.165) is 11.3 Å². The molecule has 2 heteroatoms. The van der Waals surface area contributed by atoms with Crippen LogP contribution in [-0.4, -0.2) is 19.8 Å². The molecule has 114 valence electrons. The third-order valence-corrected chi connectivity index (χ3v) is 3.80. The van der Waals surface area contributed by atoms with E-state index >= 15 is 0 Å². The first-order valence-electron chi connectivity index (χ1n) is 7.43. The first kappa shape index (κ1) is 17.2. The van der Waals surface area contributed by atoms with Gasteiger partial charge in [-0.2, -0.15) is 0 Å². The van der Waals surface area contributed by atoms with Crippen LogP contribution in [0.4, 0.5) is 5.69 Å². The van der Waals surface area contributed by atoms with E-state index in [4.69, 9.17) is 0 Å². The minimum Gasteiger partial charge on any atom is -0.348 e. The van der Waals surface area contributed by atoms with E-state index in [1.165, 1.54) is 22.5 Å². The summed E-state index contributed by atoms with van der Waals surface area (Å²) in [6.07, 6.45) is 2.10. The number of allylic oxidation sites excluding steroid dienone is 3. The largest absolute Gasteiger partial charge is 0.348 e. The average Bonchev–Trinajstić information content (AvgIpc) is 2.45. The topological polar surface area (TPSA) is 15.6 Å². The molecule has 1 aromatic rings. The molecule has 0 atom stereocenters. The van der Waals surface area contributed by atoms with Crippen molar-refractivity contribution in [2.75, 3.05) is 19.0 Å². The fourth-order valence-electron chi connectivity index (χ4n) is 2.29. The standard InChI is InChI=1S/C19H28N2/c1-13(2)18-10-9-17(12-19(18)14(3)4)21(8)16(6)11-15(5)20-7/h9-12,14H,1H2,2-8H3/b16-11+,20-15-. The zero-order valence-corrected chi connectivity index (χ0v) is 14.5. The third kappa shape index (κ3) is 4.32. The van der Waals surface area contributed by atoms with Crippen molar-refractivity contribution in [2.24, 2.45) is 4.99 Å². The van der Waals surface area contributed by atoms with Crippen LogP contribution in [0.5, 0.6) is 0 Å². The lowest BCUT2D eigenvalue weighted by Gasteiger charge is -2.23. The molecule has 0 unspecified atom stereocenters. The van der Waals surface area contributed by atoms with E-state index in [9.17, 15) is 0 Å². The summed E-state index contributed by atoms with van der Waals surface area (Å²) in [5.41, 5.74) is 7.13. The molecule has 0 aliphatic carbocycles. The van der Waals surface area contributed by atoms with Gasteiger partial charge in [-0.1, -0.05) is 32.1 Å². The first-order chi connectivity index (χ1) is 9.77. The Morgan fingerprint density at radius 3 is 2.33 bits per heavy atom. The van der Waals surface area contributed by atoms with Gasteiger partial charge >= 0.3 is 0 Å². The van der Waals surface area contributed by atoms with E-state index in [2.05, 4.69) is 75.5 Å². The predicted molar refractivity (Wildman–Crippen MR) is 96.4 cm³/mol. The van der Waals surface area contributed by atoms with Crippen LogP contribution >= 0.6 is 0 Å². The van der Waals surface area contributed by atoms with Gasteiger partial charge in [-0.15, -0.1) is 0 Å². The summed E-state index contributed by atoms with van der Waals surface area (Å²) >= 11 is 0. The number of benzene rings is 1. The Bertz CT molecular complexity index is 577. The number of hydrogen-bond donors (Lipinski definition) is 0. The summed E-state index contributed by atoms with van der Waals surface area (Å²) in [6.45, 7) is 14.7. The van der Waals surface area contributed by atoms with E-state index in [0.29, 0.717) is 5.92 Å². The average molecular weight is 284 g/mol. The highest BCUT2D eigenvalue weighted by Gasteiger charge is 2.11. The zero-order chi connectivity index (χ0) is 16.2. The Morgan fingerprint density at radius 1 is 1.24 bits per heavy atom. The quantitative estimate of drug-likeness (QED) is 0.672. The third-order valence-electron chi connectivity index (χ3n) is 3.80. The summed E-state index contributed by atoms with van der Waals surface area (Å²) in [5, 5.41) is 0. The second kappa shape index (κ2) is 7.26. The predicted octanol–water partition coefficient (Wildman–Crippen LogP) is 5.27. The molecule has 0 radical (unpaired) electrons. The maximum absolute atomic E-state index is 4.19. The van der Waals surface area contributed by atoms with Crippen LogP contribution in [-0.2, 0) is 0 Å². The van der Waals surface area contributed by atoms with E-state index in [-0.39, 0.29) is 0 Å². The van der Waals surface area contributed by atoms with Gasteiger partial charge in [0.2, 0.25) is 0 Å². The molecule has 0 aliphatic heterocycles. The number of nitrogens with zero attached hydrogens (tertiary/aromatic N) is 2. The van der Waals surface area contributed by atoms with Gasteiger partial charge < -0.3 is 4.90 Å². The van der Waals surface area contributed by atoms with Crippen LogP contribution in [0.15, 0.2) is 41.5 Å². The number of anilines is 1. The van der Waals surface area contributed by atoms with Crippen molar-refractivity contribution in [3.05, 3.63) is 47.7 Å². The normalized spacial score (nSPS) is 12.8. The lowest BCUT2D eigenvalue weighted by molar-refractivity contribution is 0.861. The highest BCUT2D eigenvalue weighted by Crippen LogP contribution is 2.30.